The SMILES string of the molecule is COc1cccc(Nc2nnc(SCC(=O)c3ccc(-c4ccccc4)cc3)s2)c1. The van der Waals surface area contributed by atoms with E-state index in [-0.39, 0.29) is 5.78 Å². The smallest absolute Gasteiger partial charge is 0.210 e. The Labute approximate surface area is 183 Å². The van der Waals surface area contributed by atoms with Gasteiger partial charge in [-0.1, -0.05) is 83.8 Å². The summed E-state index contributed by atoms with van der Waals surface area (Å²) in [6.45, 7) is 0. The van der Waals surface area contributed by atoms with Crippen LogP contribution in [0.15, 0.2) is 83.2 Å². The molecule has 3 aromatic carbocycles. The van der Waals surface area contributed by atoms with Gasteiger partial charge in [-0.15, -0.1) is 10.2 Å². The van der Waals surface area contributed by atoms with Crippen molar-refractivity contribution in [3.8, 4) is 16.9 Å². The van der Waals surface area contributed by atoms with Crippen LogP contribution in [0, 0.1) is 0 Å². The number of benzene rings is 3. The normalized spacial score (nSPS) is 10.6. The van der Waals surface area contributed by atoms with Crippen LogP contribution in [0.4, 0.5) is 10.8 Å². The number of thioether (sulfide) groups is 1. The second kappa shape index (κ2) is 9.56. The molecule has 0 saturated carbocycles. The second-order valence-corrected chi connectivity index (χ2v) is 8.59. The van der Waals surface area contributed by atoms with Crippen molar-refractivity contribution in [3.05, 3.63) is 84.4 Å². The van der Waals surface area contributed by atoms with Crippen LogP contribution in [0.2, 0.25) is 0 Å². The Morgan fingerprint density at radius 2 is 1.73 bits per heavy atom. The molecule has 0 saturated heterocycles. The van der Waals surface area contributed by atoms with Crippen molar-refractivity contribution < 1.29 is 9.53 Å². The maximum Gasteiger partial charge on any atom is 0.210 e. The molecule has 4 rings (SSSR count). The number of nitrogens with one attached hydrogen (secondary N) is 1. The van der Waals surface area contributed by atoms with Crippen LogP contribution in [0.5, 0.6) is 5.75 Å². The van der Waals surface area contributed by atoms with Crippen molar-refractivity contribution in [1.29, 1.82) is 0 Å². The van der Waals surface area contributed by atoms with Gasteiger partial charge in [-0.2, -0.15) is 0 Å². The zero-order chi connectivity index (χ0) is 20.8. The number of hydrogen-bond donors (Lipinski definition) is 1. The Hall–Kier alpha value is -3.16. The number of nitrogens with zero attached hydrogens (tertiary/aromatic N) is 2. The van der Waals surface area contributed by atoms with Crippen molar-refractivity contribution in [2.24, 2.45) is 0 Å². The molecule has 7 heteroatoms. The molecule has 5 nitrogen and oxygen atoms in total. The number of Topliss-reactive ketones (excluding diaryl/α,β-unsaturated/α-hetero) is 1. The molecule has 150 valence electrons. The Morgan fingerprint density at radius 1 is 0.967 bits per heavy atom. The van der Waals surface area contributed by atoms with Crippen LogP contribution in [0.25, 0.3) is 11.1 Å². The molecule has 0 amide bonds. The fraction of sp³-hybridized carbons (Fsp3) is 0.0870. The summed E-state index contributed by atoms with van der Waals surface area (Å²) in [6.07, 6.45) is 0. The molecule has 30 heavy (non-hydrogen) atoms. The van der Waals surface area contributed by atoms with E-state index in [4.69, 9.17) is 4.74 Å². The summed E-state index contributed by atoms with van der Waals surface area (Å²) in [4.78, 5) is 12.5. The zero-order valence-corrected chi connectivity index (χ0v) is 17.9. The highest BCUT2D eigenvalue weighted by Gasteiger charge is 2.11. The average molecular weight is 434 g/mol. The molecule has 0 spiro atoms. The molecule has 0 aliphatic carbocycles. The van der Waals surface area contributed by atoms with Crippen LogP contribution < -0.4 is 10.1 Å². The molecule has 1 N–H and O–H groups in total. The van der Waals surface area contributed by atoms with E-state index in [1.54, 1.807) is 7.11 Å². The van der Waals surface area contributed by atoms with Gasteiger partial charge in [0.2, 0.25) is 5.13 Å². The van der Waals surface area contributed by atoms with E-state index >= 15 is 0 Å². The molecule has 0 aliphatic rings. The Kier molecular flexibility index (Phi) is 6.41. The summed E-state index contributed by atoms with van der Waals surface area (Å²) in [5.41, 5.74) is 3.80. The lowest BCUT2D eigenvalue weighted by Crippen LogP contribution is -2.01. The highest BCUT2D eigenvalue weighted by Crippen LogP contribution is 2.29. The van der Waals surface area contributed by atoms with E-state index in [1.165, 1.54) is 23.1 Å². The average Bonchev–Trinajstić information content (AvgIpc) is 3.25. The van der Waals surface area contributed by atoms with Gasteiger partial charge in [-0.05, 0) is 23.3 Å². The van der Waals surface area contributed by atoms with Crippen molar-refractivity contribution in [2.75, 3.05) is 18.2 Å². The summed E-state index contributed by atoms with van der Waals surface area (Å²) in [5, 5.41) is 12.2. The minimum Gasteiger partial charge on any atom is -0.497 e. The van der Waals surface area contributed by atoms with Gasteiger partial charge in [-0.25, -0.2) is 0 Å². The first kappa shape index (κ1) is 20.1. The molecular formula is C23H19N3O2S2. The summed E-state index contributed by atoms with van der Waals surface area (Å²) in [6, 6.07) is 25.4. The summed E-state index contributed by atoms with van der Waals surface area (Å²) in [5.74, 6) is 1.15. The summed E-state index contributed by atoms with van der Waals surface area (Å²) < 4.78 is 5.97. The maximum absolute atomic E-state index is 12.5. The Balaban J connectivity index is 1.34. The zero-order valence-electron chi connectivity index (χ0n) is 16.2. The van der Waals surface area contributed by atoms with Gasteiger partial charge >= 0.3 is 0 Å². The molecule has 0 aliphatic heterocycles. The van der Waals surface area contributed by atoms with Crippen molar-refractivity contribution in [2.45, 2.75) is 4.34 Å². The lowest BCUT2D eigenvalue weighted by Gasteiger charge is -2.04. The van der Waals surface area contributed by atoms with Gasteiger partial charge in [0.05, 0.1) is 12.9 Å². The number of hydrogen-bond acceptors (Lipinski definition) is 7. The maximum atomic E-state index is 12.5. The molecule has 0 fully saturated rings. The topological polar surface area (TPSA) is 64.1 Å². The largest absolute Gasteiger partial charge is 0.497 e. The number of ketones is 1. The third kappa shape index (κ3) is 5.06. The first-order chi connectivity index (χ1) is 14.7. The highest BCUT2D eigenvalue weighted by molar-refractivity contribution is 8.01. The fourth-order valence-electron chi connectivity index (χ4n) is 2.83. The predicted octanol–water partition coefficient (Wildman–Crippen LogP) is 5.93. The molecule has 0 atom stereocenters. The quantitative estimate of drug-likeness (QED) is 0.274. The number of carbonyl (C=O) groups is 1. The number of ether oxygens (including phenoxy) is 1. The number of rotatable bonds is 8. The van der Waals surface area contributed by atoms with Crippen molar-refractivity contribution in [3.63, 3.8) is 0 Å². The van der Waals surface area contributed by atoms with Gasteiger partial charge in [0, 0.05) is 17.3 Å². The number of aromatic nitrogens is 2. The lowest BCUT2D eigenvalue weighted by molar-refractivity contribution is 0.102. The highest BCUT2D eigenvalue weighted by atomic mass is 32.2. The van der Waals surface area contributed by atoms with E-state index in [2.05, 4.69) is 27.6 Å². The molecule has 4 aromatic rings. The standard InChI is InChI=1S/C23H19N3O2S2/c1-28-20-9-5-8-19(14-20)24-22-25-26-23(30-22)29-15-21(27)18-12-10-17(11-13-18)16-6-3-2-4-7-16/h2-14H,15H2,1H3,(H,24,25). The molecule has 0 unspecified atom stereocenters. The summed E-state index contributed by atoms with van der Waals surface area (Å²) >= 11 is 2.81. The first-order valence-corrected chi connectivity index (χ1v) is 11.1. The van der Waals surface area contributed by atoms with E-state index in [9.17, 15) is 4.79 Å². The van der Waals surface area contributed by atoms with E-state index < -0.39 is 0 Å². The van der Waals surface area contributed by atoms with Crippen LogP contribution in [-0.4, -0.2) is 28.8 Å². The fourth-order valence-corrected chi connectivity index (χ4v) is 4.50. The second-order valence-electron chi connectivity index (χ2n) is 6.39. The monoisotopic (exact) mass is 433 g/mol. The number of methoxy groups -OCH3 is 1. The Morgan fingerprint density at radius 3 is 2.50 bits per heavy atom. The van der Waals surface area contributed by atoms with E-state index in [0.29, 0.717) is 16.4 Å². The molecule has 1 aromatic heterocycles. The van der Waals surface area contributed by atoms with Crippen LogP contribution in [0.3, 0.4) is 0 Å². The molecule has 1 heterocycles. The molecule has 0 bridgehead atoms. The van der Waals surface area contributed by atoms with E-state index in [0.717, 1.165) is 26.9 Å². The third-order valence-electron chi connectivity index (χ3n) is 4.37. The van der Waals surface area contributed by atoms with E-state index in [1.807, 2.05) is 66.7 Å². The number of carbonyl (C=O) groups excluding carboxylic acids is 1. The van der Waals surface area contributed by atoms with Crippen molar-refractivity contribution >= 4 is 39.7 Å². The van der Waals surface area contributed by atoms with Crippen LogP contribution in [0.1, 0.15) is 10.4 Å². The lowest BCUT2D eigenvalue weighted by atomic mass is 10.0. The Bertz CT molecular complexity index is 1130. The van der Waals surface area contributed by atoms with Gasteiger partial charge in [0.15, 0.2) is 10.1 Å². The number of anilines is 2. The minimum absolute atomic E-state index is 0.0668. The van der Waals surface area contributed by atoms with Gasteiger partial charge in [-0.3, -0.25) is 4.79 Å². The van der Waals surface area contributed by atoms with Gasteiger partial charge in [0.25, 0.3) is 0 Å². The van der Waals surface area contributed by atoms with Crippen LogP contribution >= 0.6 is 23.1 Å². The molecule has 0 radical (unpaired) electrons. The predicted molar refractivity (Wildman–Crippen MR) is 123 cm³/mol. The molecular weight excluding hydrogens is 414 g/mol. The van der Waals surface area contributed by atoms with Crippen LogP contribution in [-0.2, 0) is 0 Å². The third-order valence-corrected chi connectivity index (χ3v) is 6.34. The van der Waals surface area contributed by atoms with Gasteiger partial charge < -0.3 is 10.1 Å². The first-order valence-electron chi connectivity index (χ1n) is 9.27. The van der Waals surface area contributed by atoms with Crippen molar-refractivity contribution in [1.82, 2.24) is 10.2 Å². The minimum atomic E-state index is 0.0668. The van der Waals surface area contributed by atoms with Gasteiger partial charge in [0.1, 0.15) is 5.75 Å². The summed E-state index contributed by atoms with van der Waals surface area (Å²) in [7, 11) is 1.63.